The van der Waals surface area contributed by atoms with Crippen molar-refractivity contribution in [3.63, 3.8) is 0 Å². The maximum Gasteiger partial charge on any atom is 0.325 e. The van der Waals surface area contributed by atoms with Gasteiger partial charge in [0.2, 0.25) is 0 Å². The zero-order valence-electron chi connectivity index (χ0n) is 12.4. The smallest absolute Gasteiger partial charge is 0.325 e. The van der Waals surface area contributed by atoms with Gasteiger partial charge in [0.1, 0.15) is 5.25 Å². The molecule has 22 heavy (non-hydrogen) atoms. The van der Waals surface area contributed by atoms with E-state index in [9.17, 15) is 4.79 Å². The molecule has 0 aliphatic carbocycles. The molecular weight excluding hydrogens is 294 g/mol. The van der Waals surface area contributed by atoms with Gasteiger partial charge in [0.15, 0.2) is 0 Å². The fourth-order valence-electron chi connectivity index (χ4n) is 2.32. The van der Waals surface area contributed by atoms with E-state index >= 15 is 0 Å². The monoisotopic (exact) mass is 311 g/mol. The summed E-state index contributed by atoms with van der Waals surface area (Å²) in [6.45, 7) is 2.28. The molecule has 3 nitrogen and oxygen atoms in total. The fourth-order valence-corrected chi connectivity index (χ4v) is 3.35. The van der Waals surface area contributed by atoms with Crippen molar-refractivity contribution < 1.29 is 9.53 Å². The molecule has 2 aromatic carbocycles. The summed E-state index contributed by atoms with van der Waals surface area (Å²) in [7, 11) is 0. The normalized spacial score (nSPS) is 16.6. The highest BCUT2D eigenvalue weighted by atomic mass is 32.2. The van der Waals surface area contributed by atoms with E-state index in [0.717, 1.165) is 22.7 Å². The van der Waals surface area contributed by atoms with E-state index in [1.54, 1.807) is 0 Å². The maximum atomic E-state index is 12.3. The van der Waals surface area contributed by atoms with Crippen molar-refractivity contribution in [2.75, 3.05) is 6.61 Å². The predicted molar refractivity (Wildman–Crippen MR) is 90.0 cm³/mol. The van der Waals surface area contributed by atoms with Gasteiger partial charge in [-0.3, -0.25) is 9.79 Å². The number of carbonyl (C=O) groups is 1. The Labute approximate surface area is 134 Å². The van der Waals surface area contributed by atoms with Gasteiger partial charge in [-0.1, -0.05) is 42.5 Å². The second kappa shape index (κ2) is 6.79. The standard InChI is InChI=1S/C18H17NO2S/c1-13-17(22-16-10-6-5-9-15(16)19-13)18(20)21-12-11-14-7-3-2-4-8-14/h2-10,17H,11-12H2,1H3. The van der Waals surface area contributed by atoms with E-state index < -0.39 is 0 Å². The van der Waals surface area contributed by atoms with Crippen LogP contribution < -0.4 is 0 Å². The molecular formula is C18H17NO2S. The first-order chi connectivity index (χ1) is 10.7. The van der Waals surface area contributed by atoms with Crippen molar-refractivity contribution in [2.24, 2.45) is 4.99 Å². The topological polar surface area (TPSA) is 38.7 Å². The van der Waals surface area contributed by atoms with Gasteiger partial charge in [-0.05, 0) is 24.6 Å². The van der Waals surface area contributed by atoms with Crippen LogP contribution in [0.4, 0.5) is 5.69 Å². The number of ether oxygens (including phenoxy) is 1. The van der Waals surface area contributed by atoms with Crippen LogP contribution in [0.5, 0.6) is 0 Å². The Hall–Kier alpha value is -2.07. The molecule has 0 fully saturated rings. The van der Waals surface area contributed by atoms with Gasteiger partial charge in [0.05, 0.1) is 12.3 Å². The summed E-state index contributed by atoms with van der Waals surface area (Å²) in [5.41, 5.74) is 2.90. The summed E-state index contributed by atoms with van der Waals surface area (Å²) in [6, 6.07) is 17.9. The quantitative estimate of drug-likeness (QED) is 0.800. The van der Waals surface area contributed by atoms with Crippen LogP contribution in [0.25, 0.3) is 0 Å². The molecule has 0 radical (unpaired) electrons. The zero-order chi connectivity index (χ0) is 15.4. The van der Waals surface area contributed by atoms with Crippen molar-refractivity contribution in [1.82, 2.24) is 0 Å². The molecule has 0 spiro atoms. The number of benzene rings is 2. The summed E-state index contributed by atoms with van der Waals surface area (Å²) in [5, 5.41) is -0.342. The number of esters is 1. The first kappa shape index (κ1) is 14.9. The molecule has 112 valence electrons. The highest BCUT2D eigenvalue weighted by Gasteiger charge is 2.28. The lowest BCUT2D eigenvalue weighted by Gasteiger charge is -2.21. The lowest BCUT2D eigenvalue weighted by atomic mass is 10.2. The summed E-state index contributed by atoms with van der Waals surface area (Å²) < 4.78 is 5.43. The van der Waals surface area contributed by atoms with E-state index in [1.165, 1.54) is 17.3 Å². The molecule has 0 aromatic heterocycles. The average Bonchev–Trinajstić information content (AvgIpc) is 2.55. The van der Waals surface area contributed by atoms with Crippen molar-refractivity contribution in [1.29, 1.82) is 0 Å². The van der Waals surface area contributed by atoms with Gasteiger partial charge in [0, 0.05) is 17.0 Å². The van der Waals surface area contributed by atoms with Crippen molar-refractivity contribution in [3.8, 4) is 0 Å². The molecule has 0 saturated carbocycles. The Morgan fingerprint density at radius 2 is 1.86 bits per heavy atom. The van der Waals surface area contributed by atoms with Gasteiger partial charge in [-0.15, -0.1) is 11.8 Å². The van der Waals surface area contributed by atoms with Crippen LogP contribution in [-0.4, -0.2) is 23.5 Å². The molecule has 1 aliphatic heterocycles. The highest BCUT2D eigenvalue weighted by molar-refractivity contribution is 8.01. The number of carbonyl (C=O) groups excluding carboxylic acids is 1. The first-order valence-electron chi connectivity index (χ1n) is 7.25. The third kappa shape index (κ3) is 3.39. The molecule has 1 heterocycles. The second-order valence-electron chi connectivity index (χ2n) is 5.12. The van der Waals surface area contributed by atoms with E-state index in [0.29, 0.717) is 6.61 Å². The average molecular weight is 311 g/mol. The van der Waals surface area contributed by atoms with Gasteiger partial charge in [-0.2, -0.15) is 0 Å². The predicted octanol–water partition coefficient (Wildman–Crippen LogP) is 4.04. The Bertz CT molecular complexity index is 697. The van der Waals surface area contributed by atoms with Gasteiger partial charge >= 0.3 is 5.97 Å². The lowest BCUT2D eigenvalue weighted by Crippen LogP contribution is -2.29. The summed E-state index contributed by atoms with van der Waals surface area (Å²) >= 11 is 1.51. The molecule has 2 aromatic rings. The van der Waals surface area contributed by atoms with Crippen LogP contribution in [-0.2, 0) is 16.0 Å². The molecule has 1 unspecified atom stereocenters. The first-order valence-corrected chi connectivity index (χ1v) is 8.13. The Morgan fingerprint density at radius 1 is 1.14 bits per heavy atom. The Balaban J connectivity index is 1.59. The van der Waals surface area contributed by atoms with E-state index in [2.05, 4.69) is 4.99 Å². The molecule has 0 amide bonds. The van der Waals surface area contributed by atoms with Gasteiger partial charge in [0.25, 0.3) is 0 Å². The molecule has 0 saturated heterocycles. The minimum absolute atomic E-state index is 0.211. The number of fused-ring (bicyclic) bond motifs is 1. The van der Waals surface area contributed by atoms with Crippen LogP contribution in [0.3, 0.4) is 0 Å². The number of nitrogens with zero attached hydrogens (tertiary/aromatic N) is 1. The van der Waals surface area contributed by atoms with Crippen LogP contribution in [0.1, 0.15) is 12.5 Å². The Kier molecular flexibility index (Phi) is 4.59. The molecule has 0 N–H and O–H groups in total. The van der Waals surface area contributed by atoms with E-state index in [1.807, 2.05) is 61.5 Å². The van der Waals surface area contributed by atoms with Crippen LogP contribution >= 0.6 is 11.8 Å². The summed E-state index contributed by atoms with van der Waals surface area (Å²) in [4.78, 5) is 17.8. The van der Waals surface area contributed by atoms with Gasteiger partial charge in [-0.25, -0.2) is 0 Å². The molecule has 1 aliphatic rings. The number of thioether (sulfide) groups is 1. The number of hydrogen-bond donors (Lipinski definition) is 0. The minimum atomic E-state index is -0.342. The highest BCUT2D eigenvalue weighted by Crippen LogP contribution is 2.37. The van der Waals surface area contributed by atoms with Crippen molar-refractivity contribution in [2.45, 2.75) is 23.5 Å². The molecule has 1 atom stereocenters. The number of para-hydroxylation sites is 1. The molecule has 3 rings (SSSR count). The second-order valence-corrected chi connectivity index (χ2v) is 6.27. The summed E-state index contributed by atoms with van der Waals surface area (Å²) in [6.07, 6.45) is 0.733. The molecule has 0 bridgehead atoms. The molecule has 4 heteroatoms. The van der Waals surface area contributed by atoms with Crippen LogP contribution in [0, 0.1) is 0 Å². The fraction of sp³-hybridized carbons (Fsp3) is 0.222. The van der Waals surface area contributed by atoms with Crippen LogP contribution in [0.15, 0.2) is 64.5 Å². The SMILES string of the molecule is CC1=Nc2ccccc2SC1C(=O)OCCc1ccccc1. The third-order valence-corrected chi connectivity index (χ3v) is 4.85. The maximum absolute atomic E-state index is 12.3. The Morgan fingerprint density at radius 3 is 2.68 bits per heavy atom. The largest absolute Gasteiger partial charge is 0.464 e. The number of hydrogen-bond acceptors (Lipinski definition) is 4. The van der Waals surface area contributed by atoms with E-state index in [4.69, 9.17) is 4.74 Å². The van der Waals surface area contributed by atoms with E-state index in [-0.39, 0.29) is 11.2 Å². The minimum Gasteiger partial charge on any atom is -0.464 e. The lowest BCUT2D eigenvalue weighted by molar-refractivity contribution is -0.141. The van der Waals surface area contributed by atoms with Crippen LogP contribution in [0.2, 0.25) is 0 Å². The number of aliphatic imine (C=N–C) groups is 1. The zero-order valence-corrected chi connectivity index (χ0v) is 13.2. The summed E-state index contributed by atoms with van der Waals surface area (Å²) in [5.74, 6) is -0.211. The van der Waals surface area contributed by atoms with Gasteiger partial charge < -0.3 is 4.74 Å². The van der Waals surface area contributed by atoms with Crippen molar-refractivity contribution >= 4 is 29.1 Å². The number of rotatable bonds is 4. The van der Waals surface area contributed by atoms with Crippen molar-refractivity contribution in [3.05, 3.63) is 60.2 Å². The third-order valence-electron chi connectivity index (χ3n) is 3.48.